The van der Waals surface area contributed by atoms with Gasteiger partial charge in [0.1, 0.15) is 0 Å². The zero-order valence-electron chi connectivity index (χ0n) is 36.9. The van der Waals surface area contributed by atoms with Crippen molar-refractivity contribution in [2.75, 3.05) is 39.3 Å². The normalized spacial score (nSPS) is 21.5. The highest BCUT2D eigenvalue weighted by Gasteiger charge is 2.43. The summed E-state index contributed by atoms with van der Waals surface area (Å²) in [6, 6.07) is 0. The molecule has 1 heterocycles. The molecule has 0 spiro atoms. The molecule has 0 aromatic carbocycles. The number of hydrogen-bond acceptors (Lipinski definition) is 10. The molecule has 0 aromatic rings. The minimum atomic E-state index is -1.66. The lowest BCUT2D eigenvalue weighted by Gasteiger charge is -2.35. The zero-order chi connectivity index (χ0) is 40.2. The molecule has 8 atom stereocenters. The van der Waals surface area contributed by atoms with Gasteiger partial charge < -0.3 is 27.2 Å². The van der Waals surface area contributed by atoms with Crippen LogP contribution in [0.25, 0.3) is 0 Å². The molecule has 0 aliphatic carbocycles. The number of hydrogen-bond donors (Lipinski definition) is 0. The Kier molecular flexibility index (Phi) is 20.7. The average molecular weight is 807 g/mol. The fraction of sp³-hybridized carbons (Fsp3) is 0.947. The van der Waals surface area contributed by atoms with Crippen molar-refractivity contribution in [3.8, 4) is 0 Å². The van der Waals surface area contributed by atoms with Crippen molar-refractivity contribution >= 4 is 45.2 Å². The van der Waals surface area contributed by atoms with Gasteiger partial charge in [-0.3, -0.25) is 9.80 Å². The molecule has 0 aromatic heterocycles. The van der Waals surface area contributed by atoms with E-state index in [1.807, 2.05) is 13.8 Å². The molecule has 0 N–H and O–H groups in total. The number of cyclic esters (lactones) is 2. The molecular weight excluding hydrogens is 725 g/mol. The molecule has 0 amide bonds. The molecule has 1 rings (SSSR count). The minimum absolute atomic E-state index is 0.125. The summed E-state index contributed by atoms with van der Waals surface area (Å²) < 4.78 is 37.1. The summed E-state index contributed by atoms with van der Waals surface area (Å²) >= 11 is 0. The summed E-state index contributed by atoms with van der Waals surface area (Å²) in [5.41, 5.74) is 0. The van der Waals surface area contributed by atoms with E-state index in [0.717, 1.165) is 65.0 Å². The third kappa shape index (κ3) is 22.8. The molecule has 1 aliphatic rings. The van der Waals surface area contributed by atoms with Crippen molar-refractivity contribution in [1.29, 1.82) is 0 Å². The summed E-state index contributed by atoms with van der Waals surface area (Å²) in [5.74, 6) is -1.14. The van der Waals surface area contributed by atoms with E-state index < -0.39 is 57.4 Å². The van der Waals surface area contributed by atoms with E-state index in [0.29, 0.717) is 0 Å². The van der Waals surface area contributed by atoms with Gasteiger partial charge in [0, 0.05) is 38.0 Å². The van der Waals surface area contributed by atoms with Gasteiger partial charge >= 0.3 is 11.9 Å². The van der Waals surface area contributed by atoms with Crippen molar-refractivity contribution in [1.82, 2.24) is 9.80 Å². The summed E-state index contributed by atoms with van der Waals surface area (Å²) in [6.07, 6.45) is 1.96. The maximum Gasteiger partial charge on any atom is 0.348 e. The van der Waals surface area contributed by atoms with E-state index in [-0.39, 0.29) is 36.3 Å². The maximum atomic E-state index is 13.2. The first-order valence-corrected chi connectivity index (χ1v) is 33.7. The summed E-state index contributed by atoms with van der Waals surface area (Å²) in [4.78, 5) is 31.3. The van der Waals surface area contributed by atoms with Gasteiger partial charge in [0.25, 0.3) is 0 Å². The largest absolute Gasteiger partial charge is 0.447 e. The van der Waals surface area contributed by atoms with Gasteiger partial charge in [0.15, 0.2) is 33.3 Å². The first-order chi connectivity index (χ1) is 23.5. The minimum Gasteiger partial charge on any atom is -0.447 e. The number of carbonyl (C=O) groups is 2. The highest BCUT2D eigenvalue weighted by Crippen LogP contribution is 2.27. The monoisotopic (exact) mass is 807 g/mol. The third-order valence-corrected chi connectivity index (χ3v) is 13.0. The van der Waals surface area contributed by atoms with Crippen LogP contribution in [0.15, 0.2) is 0 Å². The molecule has 14 heteroatoms. The van der Waals surface area contributed by atoms with Gasteiger partial charge in [0.2, 0.25) is 12.2 Å². The van der Waals surface area contributed by atoms with Gasteiger partial charge in [-0.1, -0.05) is 13.8 Å². The van der Waals surface area contributed by atoms with Crippen LogP contribution in [-0.2, 0) is 36.8 Å². The standard InChI is InChI=1S/C38H82N2O8Si4/c1-29(21-19-23-39(25-31(3)45-49(7,8)9)26-32(4)46-50(10,11)12)35-37(41)44-36(38(42)43-35)30(2)22-20-24-40(27-33(5)47-51(13,14)15)28-34(6)48-52(16,17)18/h29-36H,19-28H2,1-18H3. The summed E-state index contributed by atoms with van der Waals surface area (Å²) in [5, 5.41) is 0. The maximum absolute atomic E-state index is 13.2. The molecule has 1 aliphatic heterocycles. The van der Waals surface area contributed by atoms with Crippen LogP contribution in [-0.4, -0.2) is 131 Å². The Hall–Kier alpha value is -0.432. The van der Waals surface area contributed by atoms with E-state index in [2.05, 4.69) is 116 Å². The molecule has 0 saturated carbocycles. The fourth-order valence-corrected chi connectivity index (χ4v) is 12.4. The predicted molar refractivity (Wildman–Crippen MR) is 225 cm³/mol. The molecule has 308 valence electrons. The van der Waals surface area contributed by atoms with Crippen LogP contribution in [0.4, 0.5) is 0 Å². The van der Waals surface area contributed by atoms with Crippen LogP contribution < -0.4 is 0 Å². The Morgan fingerprint density at radius 1 is 0.481 bits per heavy atom. The second-order valence-electron chi connectivity index (χ2n) is 19.6. The quantitative estimate of drug-likeness (QED) is 0.0629. The second kappa shape index (κ2) is 21.8. The summed E-state index contributed by atoms with van der Waals surface area (Å²) in [7, 11) is -6.66. The number of ether oxygens (including phenoxy) is 2. The van der Waals surface area contributed by atoms with Crippen molar-refractivity contribution in [2.45, 2.75) is 182 Å². The van der Waals surface area contributed by atoms with Crippen molar-refractivity contribution in [2.24, 2.45) is 11.8 Å². The van der Waals surface area contributed by atoms with Crippen LogP contribution in [0.3, 0.4) is 0 Å². The molecule has 1 saturated heterocycles. The predicted octanol–water partition coefficient (Wildman–Crippen LogP) is 8.22. The highest BCUT2D eigenvalue weighted by atomic mass is 28.4. The number of esters is 2. The van der Waals surface area contributed by atoms with E-state index in [1.54, 1.807) is 0 Å². The lowest BCUT2D eigenvalue weighted by atomic mass is 9.94. The number of carbonyl (C=O) groups excluding carboxylic acids is 2. The first kappa shape index (κ1) is 49.6. The lowest BCUT2D eigenvalue weighted by molar-refractivity contribution is -0.202. The second-order valence-corrected chi connectivity index (χ2v) is 37.5. The van der Waals surface area contributed by atoms with E-state index in [4.69, 9.17) is 27.2 Å². The zero-order valence-corrected chi connectivity index (χ0v) is 40.9. The first-order valence-electron chi connectivity index (χ1n) is 20.1. The topological polar surface area (TPSA) is 96.0 Å². The molecular formula is C38H82N2O8Si4. The van der Waals surface area contributed by atoms with Crippen molar-refractivity contribution in [3.63, 3.8) is 0 Å². The van der Waals surface area contributed by atoms with Crippen LogP contribution >= 0.6 is 0 Å². The molecule has 1 fully saturated rings. The van der Waals surface area contributed by atoms with E-state index in [9.17, 15) is 9.59 Å². The van der Waals surface area contributed by atoms with Crippen LogP contribution in [0.2, 0.25) is 78.6 Å². The molecule has 0 bridgehead atoms. The Morgan fingerprint density at radius 2 is 0.712 bits per heavy atom. The van der Waals surface area contributed by atoms with Crippen molar-refractivity contribution < 1.29 is 36.8 Å². The third-order valence-electron chi connectivity index (χ3n) is 8.53. The Morgan fingerprint density at radius 3 is 0.923 bits per heavy atom. The molecule has 0 radical (unpaired) electrons. The van der Waals surface area contributed by atoms with Crippen molar-refractivity contribution in [3.05, 3.63) is 0 Å². The van der Waals surface area contributed by atoms with Gasteiger partial charge in [-0.2, -0.15) is 0 Å². The number of nitrogens with zero attached hydrogens (tertiary/aromatic N) is 2. The Balaban J connectivity index is 2.76. The van der Waals surface area contributed by atoms with Crippen LogP contribution in [0.1, 0.15) is 67.2 Å². The van der Waals surface area contributed by atoms with Gasteiger partial charge in [-0.25, -0.2) is 9.59 Å². The van der Waals surface area contributed by atoms with Gasteiger partial charge in [0.05, 0.1) is 24.4 Å². The van der Waals surface area contributed by atoms with Gasteiger partial charge in [-0.05, 0) is 145 Å². The Bertz CT molecular complexity index is 930. The van der Waals surface area contributed by atoms with E-state index in [1.165, 1.54) is 0 Å². The molecule has 8 unspecified atom stereocenters. The number of rotatable bonds is 26. The molecule has 10 nitrogen and oxygen atoms in total. The average Bonchev–Trinajstić information content (AvgIpc) is 2.89. The van der Waals surface area contributed by atoms with E-state index >= 15 is 0 Å². The summed E-state index contributed by atoms with van der Waals surface area (Å²) in [6.45, 7) is 44.2. The SMILES string of the molecule is CC(CN(CCCC(C)C1OC(=O)C(C(C)CCCN(CC(C)O[Si](C)(C)C)CC(C)O[Si](C)(C)C)OC1=O)CC(C)O[Si](C)(C)C)O[Si](C)(C)C. The Labute approximate surface area is 324 Å². The van der Waals surface area contributed by atoms with Gasteiger partial charge in [-0.15, -0.1) is 0 Å². The molecule has 52 heavy (non-hydrogen) atoms. The van der Waals surface area contributed by atoms with Crippen LogP contribution in [0, 0.1) is 11.8 Å². The lowest BCUT2D eigenvalue weighted by Crippen LogP contribution is -2.49. The highest BCUT2D eigenvalue weighted by molar-refractivity contribution is 6.70. The smallest absolute Gasteiger partial charge is 0.348 e. The van der Waals surface area contributed by atoms with Crippen LogP contribution in [0.5, 0.6) is 0 Å². The fourth-order valence-electron chi connectivity index (χ4n) is 7.29.